The fourth-order valence-electron chi connectivity index (χ4n) is 2.09. The number of sulfonamides is 1. The number of urea groups is 1. The molecule has 2 amide bonds. The number of aryl methyl sites for hydroxylation is 1. The van der Waals surface area contributed by atoms with Gasteiger partial charge in [-0.3, -0.25) is 0 Å². The molecule has 0 saturated carbocycles. The van der Waals surface area contributed by atoms with Gasteiger partial charge in [-0.2, -0.15) is 0 Å². The Labute approximate surface area is 141 Å². The summed E-state index contributed by atoms with van der Waals surface area (Å²) >= 11 is 0. The Morgan fingerprint density at radius 1 is 1.08 bits per heavy atom. The van der Waals surface area contributed by atoms with E-state index in [9.17, 15) is 18.3 Å². The molecule has 0 aromatic heterocycles. The van der Waals surface area contributed by atoms with E-state index in [4.69, 9.17) is 0 Å². The van der Waals surface area contributed by atoms with Crippen LogP contribution in [0.25, 0.3) is 0 Å². The van der Waals surface area contributed by atoms with Crippen LogP contribution in [-0.4, -0.2) is 26.1 Å². The molecular formula is C17H20N2O4S. The van der Waals surface area contributed by atoms with E-state index in [1.807, 2.05) is 17.7 Å². The predicted molar refractivity (Wildman–Crippen MR) is 90.9 cm³/mol. The molecule has 3 N–H and O–H groups in total. The molecule has 0 aliphatic rings. The second-order valence-corrected chi connectivity index (χ2v) is 7.42. The van der Waals surface area contributed by atoms with Crippen molar-refractivity contribution < 1.29 is 18.3 Å². The predicted octanol–water partition coefficient (Wildman–Crippen LogP) is 1.89. The zero-order valence-electron chi connectivity index (χ0n) is 13.5. The maximum atomic E-state index is 12.1. The molecule has 2 aromatic rings. The van der Waals surface area contributed by atoms with Gasteiger partial charge in [-0.25, -0.2) is 17.9 Å². The number of rotatable bonds is 5. The van der Waals surface area contributed by atoms with Gasteiger partial charge in [-0.05, 0) is 31.5 Å². The molecule has 0 radical (unpaired) electrons. The van der Waals surface area contributed by atoms with Crippen LogP contribution in [0.2, 0.25) is 0 Å². The van der Waals surface area contributed by atoms with Crippen LogP contribution >= 0.6 is 0 Å². The molecule has 0 bridgehead atoms. The van der Waals surface area contributed by atoms with E-state index in [0.717, 1.165) is 5.56 Å². The quantitative estimate of drug-likeness (QED) is 0.769. The largest absolute Gasteiger partial charge is 0.384 e. The third kappa shape index (κ3) is 4.56. The van der Waals surface area contributed by atoms with E-state index < -0.39 is 21.7 Å². The maximum Gasteiger partial charge on any atom is 0.328 e. The molecule has 0 spiro atoms. The van der Waals surface area contributed by atoms with Gasteiger partial charge >= 0.3 is 6.03 Å². The third-order valence-electron chi connectivity index (χ3n) is 3.55. The summed E-state index contributed by atoms with van der Waals surface area (Å²) in [7, 11) is -3.95. The second kappa shape index (κ2) is 7.02. The Morgan fingerprint density at radius 3 is 2.25 bits per heavy atom. The minimum absolute atomic E-state index is 0.00179. The first-order valence-corrected chi connectivity index (χ1v) is 8.84. The molecule has 0 aliphatic heterocycles. The lowest BCUT2D eigenvalue weighted by Gasteiger charge is -2.24. The minimum atomic E-state index is -3.95. The molecule has 24 heavy (non-hydrogen) atoms. The minimum Gasteiger partial charge on any atom is -0.384 e. The second-order valence-electron chi connectivity index (χ2n) is 5.74. The zero-order valence-corrected chi connectivity index (χ0v) is 14.3. The van der Waals surface area contributed by atoms with Crippen LogP contribution in [0.3, 0.4) is 0 Å². The highest BCUT2D eigenvalue weighted by molar-refractivity contribution is 7.90. The lowest BCUT2D eigenvalue weighted by atomic mass is 9.96. The number of benzene rings is 2. The molecule has 0 heterocycles. The number of hydrogen-bond acceptors (Lipinski definition) is 4. The summed E-state index contributed by atoms with van der Waals surface area (Å²) in [5, 5.41) is 12.8. The highest BCUT2D eigenvalue weighted by Gasteiger charge is 2.25. The van der Waals surface area contributed by atoms with E-state index in [1.54, 1.807) is 36.4 Å². The first kappa shape index (κ1) is 18.0. The smallest absolute Gasteiger partial charge is 0.328 e. The Morgan fingerprint density at radius 2 is 1.67 bits per heavy atom. The number of carbonyl (C=O) groups is 1. The van der Waals surface area contributed by atoms with Gasteiger partial charge in [0.1, 0.15) is 5.60 Å². The molecule has 0 saturated heterocycles. The van der Waals surface area contributed by atoms with Crippen molar-refractivity contribution >= 4 is 16.1 Å². The summed E-state index contributed by atoms with van der Waals surface area (Å²) in [6.45, 7) is 3.24. The van der Waals surface area contributed by atoms with Gasteiger partial charge in [-0.1, -0.05) is 48.0 Å². The Bertz CT molecular complexity index is 800. The van der Waals surface area contributed by atoms with E-state index in [-0.39, 0.29) is 11.4 Å². The number of carbonyl (C=O) groups excluding carboxylic acids is 1. The normalized spacial score (nSPS) is 13.8. The van der Waals surface area contributed by atoms with Gasteiger partial charge in [0.25, 0.3) is 10.0 Å². The van der Waals surface area contributed by atoms with Crippen molar-refractivity contribution in [2.45, 2.75) is 24.3 Å². The van der Waals surface area contributed by atoms with Crippen LogP contribution < -0.4 is 10.0 Å². The molecular weight excluding hydrogens is 328 g/mol. The summed E-state index contributed by atoms with van der Waals surface area (Å²) in [6.07, 6.45) is 0. The number of hydrogen-bond donors (Lipinski definition) is 3. The van der Waals surface area contributed by atoms with E-state index >= 15 is 0 Å². The van der Waals surface area contributed by atoms with Crippen molar-refractivity contribution in [3.8, 4) is 0 Å². The van der Waals surface area contributed by atoms with E-state index in [2.05, 4.69) is 5.32 Å². The molecule has 1 atom stereocenters. The van der Waals surface area contributed by atoms with Crippen molar-refractivity contribution in [2.24, 2.45) is 0 Å². The number of aliphatic hydroxyl groups is 1. The SMILES string of the molecule is Cc1ccc(S(=O)(=O)NC(=O)NCC(C)(O)c2ccccc2)cc1. The van der Waals surface area contributed by atoms with Gasteiger partial charge in [0.15, 0.2) is 0 Å². The van der Waals surface area contributed by atoms with Crippen LogP contribution in [0.1, 0.15) is 18.1 Å². The Hall–Kier alpha value is -2.38. The average Bonchev–Trinajstić information content (AvgIpc) is 2.54. The topological polar surface area (TPSA) is 95.5 Å². The molecule has 1 unspecified atom stereocenters. The standard InChI is InChI=1S/C17H20N2O4S/c1-13-8-10-15(11-9-13)24(22,23)19-16(20)18-12-17(2,21)14-6-4-3-5-7-14/h3-11,21H,12H2,1-2H3,(H2,18,19,20). The van der Waals surface area contributed by atoms with Gasteiger partial charge in [0, 0.05) is 0 Å². The van der Waals surface area contributed by atoms with Gasteiger partial charge in [0.2, 0.25) is 0 Å². The summed E-state index contributed by atoms with van der Waals surface area (Å²) in [4.78, 5) is 11.9. The number of amides is 2. The van der Waals surface area contributed by atoms with E-state index in [0.29, 0.717) is 5.56 Å². The molecule has 0 fully saturated rings. The highest BCUT2D eigenvalue weighted by Crippen LogP contribution is 2.18. The van der Waals surface area contributed by atoms with Crippen molar-refractivity contribution in [1.82, 2.24) is 10.0 Å². The third-order valence-corrected chi connectivity index (χ3v) is 4.89. The van der Waals surface area contributed by atoms with Crippen LogP contribution in [0.4, 0.5) is 4.79 Å². The lowest BCUT2D eigenvalue weighted by Crippen LogP contribution is -2.45. The molecule has 0 aliphatic carbocycles. The monoisotopic (exact) mass is 348 g/mol. The lowest BCUT2D eigenvalue weighted by molar-refractivity contribution is 0.0596. The van der Waals surface area contributed by atoms with Crippen LogP contribution in [0.5, 0.6) is 0 Å². The van der Waals surface area contributed by atoms with Gasteiger partial charge in [0.05, 0.1) is 11.4 Å². The summed E-state index contributed by atoms with van der Waals surface area (Å²) < 4.78 is 26.2. The average molecular weight is 348 g/mol. The maximum absolute atomic E-state index is 12.1. The van der Waals surface area contributed by atoms with Gasteiger partial charge < -0.3 is 10.4 Å². The molecule has 128 valence electrons. The van der Waals surface area contributed by atoms with Crippen molar-refractivity contribution in [3.05, 3.63) is 65.7 Å². The number of nitrogens with one attached hydrogen (secondary N) is 2. The van der Waals surface area contributed by atoms with Crippen molar-refractivity contribution in [3.63, 3.8) is 0 Å². The fraction of sp³-hybridized carbons (Fsp3) is 0.235. The van der Waals surface area contributed by atoms with Gasteiger partial charge in [-0.15, -0.1) is 0 Å². The summed E-state index contributed by atoms with van der Waals surface area (Å²) in [5.74, 6) is 0. The first-order valence-electron chi connectivity index (χ1n) is 7.36. The van der Waals surface area contributed by atoms with Crippen molar-refractivity contribution in [1.29, 1.82) is 0 Å². The Kier molecular flexibility index (Phi) is 5.26. The molecule has 7 heteroatoms. The molecule has 2 rings (SSSR count). The van der Waals surface area contributed by atoms with E-state index in [1.165, 1.54) is 19.1 Å². The van der Waals surface area contributed by atoms with Crippen LogP contribution in [0.15, 0.2) is 59.5 Å². The zero-order chi connectivity index (χ0) is 17.8. The first-order chi connectivity index (χ1) is 11.2. The molecule has 6 nitrogen and oxygen atoms in total. The van der Waals surface area contributed by atoms with Crippen LogP contribution in [0, 0.1) is 6.92 Å². The molecule has 2 aromatic carbocycles. The van der Waals surface area contributed by atoms with Crippen molar-refractivity contribution in [2.75, 3.05) is 6.54 Å². The fourth-order valence-corrected chi connectivity index (χ4v) is 3.01. The van der Waals surface area contributed by atoms with Crippen LogP contribution in [-0.2, 0) is 15.6 Å². The summed E-state index contributed by atoms with van der Waals surface area (Å²) in [5.41, 5.74) is 0.218. The highest BCUT2D eigenvalue weighted by atomic mass is 32.2. The summed E-state index contributed by atoms with van der Waals surface area (Å²) in [6, 6.07) is 14.0. The Balaban J connectivity index is 1.99.